The largest absolute Gasteiger partial charge is 0.357 e. The van der Waals surface area contributed by atoms with Crippen molar-refractivity contribution in [2.75, 3.05) is 18.0 Å². The van der Waals surface area contributed by atoms with Crippen molar-refractivity contribution < 1.29 is 0 Å². The van der Waals surface area contributed by atoms with E-state index in [9.17, 15) is 0 Å². The van der Waals surface area contributed by atoms with Crippen molar-refractivity contribution in [2.24, 2.45) is 11.7 Å². The molecule has 1 aliphatic rings. The van der Waals surface area contributed by atoms with E-state index in [0.29, 0.717) is 6.54 Å². The molecular formula is C12H19N3. The lowest BCUT2D eigenvalue weighted by atomic mass is 9.99. The van der Waals surface area contributed by atoms with Gasteiger partial charge in [-0.15, -0.1) is 0 Å². The summed E-state index contributed by atoms with van der Waals surface area (Å²) in [7, 11) is 0. The van der Waals surface area contributed by atoms with Crippen molar-refractivity contribution in [3.8, 4) is 0 Å². The molecule has 1 fully saturated rings. The molecule has 1 aliphatic heterocycles. The summed E-state index contributed by atoms with van der Waals surface area (Å²) in [6.45, 7) is 5.10. The Labute approximate surface area is 91.3 Å². The molecule has 0 spiro atoms. The minimum atomic E-state index is 0.526. The van der Waals surface area contributed by atoms with Gasteiger partial charge in [-0.1, -0.05) is 13.0 Å². The highest BCUT2D eigenvalue weighted by molar-refractivity contribution is 5.39. The van der Waals surface area contributed by atoms with Gasteiger partial charge in [-0.05, 0) is 30.9 Å². The Morgan fingerprint density at radius 2 is 2.13 bits per heavy atom. The van der Waals surface area contributed by atoms with Gasteiger partial charge < -0.3 is 10.6 Å². The van der Waals surface area contributed by atoms with Crippen molar-refractivity contribution in [3.05, 3.63) is 23.9 Å². The molecule has 82 valence electrons. The number of rotatable bonds is 2. The zero-order valence-electron chi connectivity index (χ0n) is 9.32. The summed E-state index contributed by atoms with van der Waals surface area (Å²) in [5, 5.41) is 0. The second-order valence-corrected chi connectivity index (χ2v) is 4.36. The van der Waals surface area contributed by atoms with E-state index in [-0.39, 0.29) is 0 Å². The minimum absolute atomic E-state index is 0.526. The summed E-state index contributed by atoms with van der Waals surface area (Å²) in [6.07, 6.45) is 2.54. The first-order valence-corrected chi connectivity index (χ1v) is 5.70. The minimum Gasteiger partial charge on any atom is -0.357 e. The van der Waals surface area contributed by atoms with E-state index in [4.69, 9.17) is 5.73 Å². The van der Waals surface area contributed by atoms with Gasteiger partial charge in [0.15, 0.2) is 0 Å². The van der Waals surface area contributed by atoms with Crippen LogP contribution >= 0.6 is 0 Å². The lowest BCUT2D eigenvalue weighted by Gasteiger charge is -2.31. The second-order valence-electron chi connectivity index (χ2n) is 4.36. The molecule has 1 aromatic heterocycles. The van der Waals surface area contributed by atoms with E-state index in [1.54, 1.807) is 0 Å². The molecule has 2 N–H and O–H groups in total. The van der Waals surface area contributed by atoms with E-state index in [2.05, 4.69) is 22.9 Å². The number of pyridine rings is 1. The summed E-state index contributed by atoms with van der Waals surface area (Å²) in [4.78, 5) is 6.90. The zero-order chi connectivity index (χ0) is 10.7. The van der Waals surface area contributed by atoms with Gasteiger partial charge in [0.1, 0.15) is 5.82 Å². The Kier molecular flexibility index (Phi) is 3.21. The first kappa shape index (κ1) is 10.4. The van der Waals surface area contributed by atoms with Gasteiger partial charge >= 0.3 is 0 Å². The number of anilines is 1. The summed E-state index contributed by atoms with van der Waals surface area (Å²) < 4.78 is 0. The predicted molar refractivity (Wildman–Crippen MR) is 62.7 cm³/mol. The summed E-state index contributed by atoms with van der Waals surface area (Å²) >= 11 is 0. The number of hydrogen-bond acceptors (Lipinski definition) is 3. The molecule has 2 rings (SSSR count). The van der Waals surface area contributed by atoms with Crippen molar-refractivity contribution >= 4 is 5.82 Å². The van der Waals surface area contributed by atoms with E-state index >= 15 is 0 Å². The second kappa shape index (κ2) is 4.62. The molecule has 0 bridgehead atoms. The van der Waals surface area contributed by atoms with Crippen molar-refractivity contribution in [3.63, 3.8) is 0 Å². The fourth-order valence-electron chi connectivity index (χ4n) is 1.99. The quantitative estimate of drug-likeness (QED) is 0.800. The maximum atomic E-state index is 5.59. The van der Waals surface area contributed by atoms with E-state index in [0.717, 1.165) is 30.5 Å². The third-order valence-electron chi connectivity index (χ3n) is 3.11. The van der Waals surface area contributed by atoms with E-state index < -0.39 is 0 Å². The van der Waals surface area contributed by atoms with Gasteiger partial charge in [0.2, 0.25) is 0 Å². The van der Waals surface area contributed by atoms with Crippen LogP contribution in [0.15, 0.2) is 18.2 Å². The fraction of sp³-hybridized carbons (Fsp3) is 0.583. The highest BCUT2D eigenvalue weighted by Gasteiger charge is 2.16. The van der Waals surface area contributed by atoms with Crippen LogP contribution in [0.2, 0.25) is 0 Å². The Hall–Kier alpha value is -1.09. The van der Waals surface area contributed by atoms with E-state index in [1.165, 1.54) is 12.8 Å². The molecule has 3 heteroatoms. The molecule has 0 radical (unpaired) electrons. The molecule has 0 unspecified atom stereocenters. The van der Waals surface area contributed by atoms with Gasteiger partial charge in [-0.25, -0.2) is 4.98 Å². The Bertz CT molecular complexity index is 316. The molecule has 0 aliphatic carbocycles. The molecular weight excluding hydrogens is 186 g/mol. The predicted octanol–water partition coefficient (Wildman–Crippen LogP) is 1.78. The molecule has 1 saturated heterocycles. The number of piperidine rings is 1. The third kappa shape index (κ3) is 2.48. The Morgan fingerprint density at radius 3 is 2.80 bits per heavy atom. The number of nitrogens with zero attached hydrogens (tertiary/aromatic N) is 2. The smallest absolute Gasteiger partial charge is 0.128 e. The molecule has 0 saturated carbocycles. The van der Waals surface area contributed by atoms with Gasteiger partial charge in [0.05, 0.1) is 5.69 Å². The lowest BCUT2D eigenvalue weighted by molar-refractivity contribution is 0.436. The van der Waals surface area contributed by atoms with Gasteiger partial charge in [-0.3, -0.25) is 0 Å². The molecule has 3 nitrogen and oxygen atoms in total. The average Bonchev–Trinajstić information content (AvgIpc) is 2.30. The van der Waals surface area contributed by atoms with Crippen LogP contribution < -0.4 is 10.6 Å². The van der Waals surface area contributed by atoms with Crippen LogP contribution in [0.3, 0.4) is 0 Å². The highest BCUT2D eigenvalue weighted by atomic mass is 15.2. The van der Waals surface area contributed by atoms with Crippen LogP contribution in [0.5, 0.6) is 0 Å². The van der Waals surface area contributed by atoms with Crippen LogP contribution in [-0.2, 0) is 6.54 Å². The molecule has 15 heavy (non-hydrogen) atoms. The SMILES string of the molecule is CC1CCN(c2cccc(CN)n2)CC1. The monoisotopic (exact) mass is 205 g/mol. The van der Waals surface area contributed by atoms with Crippen molar-refractivity contribution in [1.82, 2.24) is 4.98 Å². The fourth-order valence-corrected chi connectivity index (χ4v) is 1.99. The Balaban J connectivity index is 2.08. The first-order valence-electron chi connectivity index (χ1n) is 5.70. The van der Waals surface area contributed by atoms with E-state index in [1.807, 2.05) is 12.1 Å². The average molecular weight is 205 g/mol. The highest BCUT2D eigenvalue weighted by Crippen LogP contribution is 2.21. The van der Waals surface area contributed by atoms with Crippen molar-refractivity contribution in [2.45, 2.75) is 26.3 Å². The normalized spacial score (nSPS) is 18.1. The lowest BCUT2D eigenvalue weighted by Crippen LogP contribution is -2.33. The maximum Gasteiger partial charge on any atom is 0.128 e. The third-order valence-corrected chi connectivity index (χ3v) is 3.11. The summed E-state index contributed by atoms with van der Waals surface area (Å²) in [5.74, 6) is 1.95. The standard InChI is InChI=1S/C12H19N3/c1-10-5-7-15(8-6-10)12-4-2-3-11(9-13)14-12/h2-4,10H,5-9,13H2,1H3. The molecule has 0 aromatic carbocycles. The topological polar surface area (TPSA) is 42.1 Å². The first-order chi connectivity index (χ1) is 7.29. The maximum absolute atomic E-state index is 5.59. The number of hydrogen-bond donors (Lipinski definition) is 1. The summed E-state index contributed by atoms with van der Waals surface area (Å²) in [6, 6.07) is 6.10. The molecule has 0 amide bonds. The molecule has 2 heterocycles. The summed E-state index contributed by atoms with van der Waals surface area (Å²) in [5.41, 5.74) is 6.57. The van der Waals surface area contributed by atoms with Crippen LogP contribution in [-0.4, -0.2) is 18.1 Å². The van der Waals surface area contributed by atoms with Crippen LogP contribution in [0, 0.1) is 5.92 Å². The van der Waals surface area contributed by atoms with Crippen LogP contribution in [0.25, 0.3) is 0 Å². The van der Waals surface area contributed by atoms with Gasteiger partial charge in [0, 0.05) is 19.6 Å². The molecule has 1 aromatic rings. The molecule has 0 atom stereocenters. The van der Waals surface area contributed by atoms with Gasteiger partial charge in [0.25, 0.3) is 0 Å². The Morgan fingerprint density at radius 1 is 1.40 bits per heavy atom. The number of aromatic nitrogens is 1. The van der Waals surface area contributed by atoms with Crippen LogP contribution in [0.1, 0.15) is 25.5 Å². The van der Waals surface area contributed by atoms with Crippen molar-refractivity contribution in [1.29, 1.82) is 0 Å². The van der Waals surface area contributed by atoms with Gasteiger partial charge in [-0.2, -0.15) is 0 Å². The number of nitrogens with two attached hydrogens (primary N) is 1. The zero-order valence-corrected chi connectivity index (χ0v) is 9.32. The van der Waals surface area contributed by atoms with Crippen LogP contribution in [0.4, 0.5) is 5.82 Å².